The fourth-order valence-corrected chi connectivity index (χ4v) is 3.06. The molecule has 2 rings (SSSR count). The van der Waals surface area contributed by atoms with Gasteiger partial charge in [0.05, 0.1) is 21.8 Å². The number of carbonyl (C=O) groups excluding carboxylic acids is 3. The van der Waals surface area contributed by atoms with Gasteiger partial charge in [-0.25, -0.2) is 0 Å². The summed E-state index contributed by atoms with van der Waals surface area (Å²) in [5.74, 6) is -0.582. The summed E-state index contributed by atoms with van der Waals surface area (Å²) >= 11 is 4.59. The predicted octanol–water partition coefficient (Wildman–Crippen LogP) is 1.65. The lowest BCUT2D eigenvalue weighted by atomic mass is 10.4. The molecule has 1 aromatic heterocycles. The van der Waals surface area contributed by atoms with Crippen LogP contribution < -0.4 is 5.32 Å². The third-order valence-corrected chi connectivity index (χ3v) is 4.73. The molecular weight excluding hydrogens is 372 g/mol. The summed E-state index contributed by atoms with van der Waals surface area (Å²) in [5, 5.41) is 2.46. The maximum Gasteiger partial charge on any atom is 0.325 e. The largest absolute Gasteiger partial charge is 0.464 e. The van der Waals surface area contributed by atoms with Crippen molar-refractivity contribution in [3.05, 3.63) is 20.8 Å². The van der Waals surface area contributed by atoms with Gasteiger partial charge in [-0.05, 0) is 46.8 Å². The molecule has 0 saturated heterocycles. The Morgan fingerprint density at radius 2 is 2.14 bits per heavy atom. The van der Waals surface area contributed by atoms with Crippen molar-refractivity contribution < 1.29 is 19.1 Å². The molecule has 0 unspecified atom stereocenters. The van der Waals surface area contributed by atoms with Crippen LogP contribution in [-0.2, 0) is 14.3 Å². The zero-order valence-corrected chi connectivity index (χ0v) is 14.5. The number of hydrogen-bond donors (Lipinski definition) is 1. The minimum absolute atomic E-state index is 0.107. The second-order valence-electron chi connectivity index (χ2n) is 5.17. The highest BCUT2D eigenvalue weighted by Crippen LogP contribution is 2.28. The number of esters is 1. The normalized spacial score (nSPS) is 13.5. The minimum Gasteiger partial charge on any atom is -0.464 e. The van der Waals surface area contributed by atoms with Crippen molar-refractivity contribution in [2.45, 2.75) is 12.8 Å². The molecule has 0 atom stereocenters. The molecule has 120 valence electrons. The van der Waals surface area contributed by atoms with Crippen molar-refractivity contribution in [1.82, 2.24) is 10.2 Å². The molecule has 1 aliphatic rings. The Morgan fingerprint density at radius 1 is 1.41 bits per heavy atom. The summed E-state index contributed by atoms with van der Waals surface area (Å²) in [7, 11) is 1.54. The summed E-state index contributed by atoms with van der Waals surface area (Å²) in [6.07, 6.45) is 2.21. The minimum atomic E-state index is -0.448. The highest BCUT2D eigenvalue weighted by atomic mass is 79.9. The quantitative estimate of drug-likeness (QED) is 0.720. The van der Waals surface area contributed by atoms with Gasteiger partial charge < -0.3 is 15.0 Å². The predicted molar refractivity (Wildman–Crippen MR) is 85.7 cm³/mol. The van der Waals surface area contributed by atoms with Crippen LogP contribution in [0.5, 0.6) is 0 Å². The molecular formula is C14H17BrN2O4S. The smallest absolute Gasteiger partial charge is 0.325 e. The maximum absolute atomic E-state index is 12.1. The van der Waals surface area contributed by atoms with Crippen molar-refractivity contribution in [3.8, 4) is 0 Å². The summed E-state index contributed by atoms with van der Waals surface area (Å²) in [4.78, 5) is 37.0. The number of likely N-dealkylation sites (N-methyl/N-ethyl adjacent to an activating group) is 1. The van der Waals surface area contributed by atoms with Crippen LogP contribution in [0.3, 0.4) is 0 Å². The molecule has 8 heteroatoms. The van der Waals surface area contributed by atoms with Gasteiger partial charge in [-0.3, -0.25) is 14.4 Å². The van der Waals surface area contributed by atoms with Crippen molar-refractivity contribution in [2.75, 3.05) is 26.7 Å². The second kappa shape index (κ2) is 7.73. The van der Waals surface area contributed by atoms with Crippen LogP contribution in [0, 0.1) is 5.92 Å². The number of halogens is 1. The molecule has 0 aromatic carbocycles. The van der Waals surface area contributed by atoms with E-state index < -0.39 is 11.9 Å². The fourth-order valence-electron chi connectivity index (χ4n) is 1.68. The Kier molecular flexibility index (Phi) is 5.96. The molecule has 22 heavy (non-hydrogen) atoms. The molecule has 0 aliphatic heterocycles. The number of nitrogens with zero attached hydrogens (tertiary/aromatic N) is 1. The SMILES string of the molecule is CN(CC(=O)NCC(=O)OCC1CC1)C(=O)c1ccc(Br)s1. The van der Waals surface area contributed by atoms with Crippen LogP contribution in [0.4, 0.5) is 0 Å². The molecule has 1 heterocycles. The van der Waals surface area contributed by atoms with Gasteiger partial charge in [-0.1, -0.05) is 0 Å². The molecule has 1 aromatic rings. The lowest BCUT2D eigenvalue weighted by Gasteiger charge is -2.15. The average molecular weight is 389 g/mol. The zero-order valence-electron chi connectivity index (χ0n) is 12.1. The Morgan fingerprint density at radius 3 is 2.73 bits per heavy atom. The van der Waals surface area contributed by atoms with Gasteiger partial charge in [0.25, 0.3) is 5.91 Å². The highest BCUT2D eigenvalue weighted by molar-refractivity contribution is 9.11. The second-order valence-corrected chi connectivity index (χ2v) is 7.63. The molecule has 6 nitrogen and oxygen atoms in total. The average Bonchev–Trinajstić information content (AvgIpc) is 3.22. The number of nitrogens with one attached hydrogen (secondary N) is 1. The van der Waals surface area contributed by atoms with Crippen LogP contribution in [0.2, 0.25) is 0 Å². The van der Waals surface area contributed by atoms with Gasteiger partial charge in [-0.15, -0.1) is 11.3 Å². The Labute approximate surface area is 140 Å². The first-order valence-electron chi connectivity index (χ1n) is 6.89. The molecule has 1 aliphatic carbocycles. The molecule has 0 spiro atoms. The van der Waals surface area contributed by atoms with Crippen LogP contribution in [0.25, 0.3) is 0 Å². The van der Waals surface area contributed by atoms with Crippen molar-refractivity contribution in [1.29, 1.82) is 0 Å². The van der Waals surface area contributed by atoms with E-state index in [0.29, 0.717) is 17.4 Å². The number of ether oxygens (including phenoxy) is 1. The Hall–Kier alpha value is -1.41. The maximum atomic E-state index is 12.1. The highest BCUT2D eigenvalue weighted by Gasteiger charge is 2.23. The van der Waals surface area contributed by atoms with Crippen LogP contribution in [0.15, 0.2) is 15.9 Å². The van der Waals surface area contributed by atoms with Crippen LogP contribution in [-0.4, -0.2) is 49.4 Å². The van der Waals surface area contributed by atoms with Crippen LogP contribution in [0.1, 0.15) is 22.5 Å². The number of carbonyl (C=O) groups is 3. The molecule has 2 amide bonds. The van der Waals surface area contributed by atoms with Gasteiger partial charge in [0.1, 0.15) is 6.54 Å². The number of rotatable bonds is 7. The first-order valence-corrected chi connectivity index (χ1v) is 8.50. The topological polar surface area (TPSA) is 75.7 Å². The van der Waals surface area contributed by atoms with Gasteiger partial charge in [0.15, 0.2) is 0 Å². The third kappa shape index (κ3) is 5.42. The van der Waals surface area contributed by atoms with E-state index >= 15 is 0 Å². The van der Waals surface area contributed by atoms with E-state index in [4.69, 9.17) is 4.74 Å². The molecule has 1 saturated carbocycles. The van der Waals surface area contributed by atoms with E-state index in [1.165, 1.54) is 16.2 Å². The van der Waals surface area contributed by atoms with E-state index in [9.17, 15) is 14.4 Å². The van der Waals surface area contributed by atoms with E-state index in [-0.39, 0.29) is 19.0 Å². The summed E-state index contributed by atoms with van der Waals surface area (Å²) in [5.41, 5.74) is 0. The summed E-state index contributed by atoms with van der Waals surface area (Å²) in [6.45, 7) is 0.155. The molecule has 1 fully saturated rings. The van der Waals surface area contributed by atoms with Crippen molar-refractivity contribution >= 4 is 45.1 Å². The number of hydrogen-bond acceptors (Lipinski definition) is 5. The third-order valence-electron chi connectivity index (χ3n) is 3.12. The fraction of sp³-hybridized carbons (Fsp3) is 0.500. The van der Waals surface area contributed by atoms with Crippen molar-refractivity contribution in [3.63, 3.8) is 0 Å². The van der Waals surface area contributed by atoms with Crippen molar-refractivity contribution in [2.24, 2.45) is 5.92 Å². The van der Waals surface area contributed by atoms with E-state index in [1.807, 2.05) is 0 Å². The molecule has 0 radical (unpaired) electrons. The van der Waals surface area contributed by atoms with E-state index in [0.717, 1.165) is 16.6 Å². The standard InChI is InChI=1S/C14H17BrN2O4S/c1-17(14(20)10-4-5-11(15)22-10)7-12(18)16-6-13(19)21-8-9-2-3-9/h4-5,9H,2-3,6-8H2,1H3,(H,16,18). The van der Waals surface area contributed by atoms with E-state index in [2.05, 4.69) is 21.2 Å². The Bertz CT molecular complexity index is 571. The monoisotopic (exact) mass is 388 g/mol. The van der Waals surface area contributed by atoms with Gasteiger partial charge in [-0.2, -0.15) is 0 Å². The van der Waals surface area contributed by atoms with E-state index in [1.54, 1.807) is 19.2 Å². The summed E-state index contributed by atoms with van der Waals surface area (Å²) < 4.78 is 5.86. The van der Waals surface area contributed by atoms with Crippen LogP contribution >= 0.6 is 27.3 Å². The Balaban J connectivity index is 1.68. The first-order chi connectivity index (χ1) is 10.5. The lowest BCUT2D eigenvalue weighted by molar-refractivity contribution is -0.144. The van der Waals surface area contributed by atoms with Gasteiger partial charge in [0.2, 0.25) is 5.91 Å². The molecule has 1 N–H and O–H groups in total. The number of thiophene rings is 1. The lowest BCUT2D eigenvalue weighted by Crippen LogP contribution is -2.40. The molecule has 0 bridgehead atoms. The van der Waals surface area contributed by atoms with Gasteiger partial charge in [0, 0.05) is 7.05 Å². The first kappa shape index (κ1) is 17.0. The summed E-state index contributed by atoms with van der Waals surface area (Å²) in [6, 6.07) is 3.47. The van der Waals surface area contributed by atoms with Gasteiger partial charge >= 0.3 is 5.97 Å². The zero-order chi connectivity index (χ0) is 16.1. The number of amides is 2.